The van der Waals surface area contributed by atoms with Crippen LogP contribution < -0.4 is 5.73 Å². The Hall–Kier alpha value is -0.410. The minimum atomic E-state index is -0.238. The summed E-state index contributed by atoms with van der Waals surface area (Å²) in [6, 6.07) is 0. The molecule has 12 heavy (non-hydrogen) atoms. The molecular formula is C9H16N2S. The largest absolute Gasteiger partial charge is 0.320 e. The summed E-state index contributed by atoms with van der Waals surface area (Å²) in [6.07, 6.45) is 3.92. The summed E-state index contributed by atoms with van der Waals surface area (Å²) in [6.45, 7) is 6.26. The van der Waals surface area contributed by atoms with Crippen molar-refractivity contribution in [2.45, 2.75) is 39.2 Å². The first-order valence-corrected chi connectivity index (χ1v) is 5.16. The van der Waals surface area contributed by atoms with Crippen LogP contribution in [-0.2, 0) is 12.0 Å². The van der Waals surface area contributed by atoms with Crippen LogP contribution in [0.15, 0.2) is 6.20 Å². The SMILES string of the molecule is CCc1cnc(C(C)(N)CC)s1. The van der Waals surface area contributed by atoms with Crippen LogP contribution in [0.1, 0.15) is 37.1 Å². The van der Waals surface area contributed by atoms with Gasteiger partial charge in [0.05, 0.1) is 5.54 Å². The van der Waals surface area contributed by atoms with Crippen molar-refractivity contribution in [3.63, 3.8) is 0 Å². The van der Waals surface area contributed by atoms with Crippen molar-refractivity contribution in [3.05, 3.63) is 16.1 Å². The number of nitrogens with zero attached hydrogens (tertiary/aromatic N) is 1. The normalized spacial score (nSPS) is 16.0. The van der Waals surface area contributed by atoms with E-state index >= 15 is 0 Å². The van der Waals surface area contributed by atoms with Gasteiger partial charge in [-0.05, 0) is 19.8 Å². The Morgan fingerprint density at radius 3 is 2.67 bits per heavy atom. The highest BCUT2D eigenvalue weighted by molar-refractivity contribution is 7.11. The first kappa shape index (κ1) is 9.68. The number of rotatable bonds is 3. The van der Waals surface area contributed by atoms with Gasteiger partial charge < -0.3 is 5.73 Å². The van der Waals surface area contributed by atoms with E-state index in [0.29, 0.717) is 0 Å². The molecule has 1 heterocycles. The summed E-state index contributed by atoms with van der Waals surface area (Å²) in [7, 11) is 0. The lowest BCUT2D eigenvalue weighted by atomic mass is 10.0. The fourth-order valence-corrected chi connectivity index (χ4v) is 1.87. The highest BCUT2D eigenvalue weighted by Gasteiger charge is 2.21. The maximum Gasteiger partial charge on any atom is 0.112 e. The lowest BCUT2D eigenvalue weighted by Gasteiger charge is -2.18. The van der Waals surface area contributed by atoms with Crippen LogP contribution in [0.5, 0.6) is 0 Å². The number of hydrogen-bond acceptors (Lipinski definition) is 3. The van der Waals surface area contributed by atoms with E-state index in [0.717, 1.165) is 17.8 Å². The Morgan fingerprint density at radius 2 is 2.25 bits per heavy atom. The smallest absolute Gasteiger partial charge is 0.112 e. The molecular weight excluding hydrogens is 168 g/mol. The minimum absolute atomic E-state index is 0.238. The Balaban J connectivity index is 2.88. The van der Waals surface area contributed by atoms with Crippen molar-refractivity contribution in [1.82, 2.24) is 4.98 Å². The van der Waals surface area contributed by atoms with E-state index in [1.165, 1.54) is 4.88 Å². The zero-order valence-corrected chi connectivity index (χ0v) is 8.74. The van der Waals surface area contributed by atoms with E-state index < -0.39 is 0 Å². The lowest BCUT2D eigenvalue weighted by molar-refractivity contribution is 0.474. The fraction of sp³-hybridized carbons (Fsp3) is 0.667. The summed E-state index contributed by atoms with van der Waals surface area (Å²) in [4.78, 5) is 5.64. The zero-order valence-electron chi connectivity index (χ0n) is 7.92. The Bertz CT molecular complexity index is 253. The summed E-state index contributed by atoms with van der Waals surface area (Å²) < 4.78 is 0. The van der Waals surface area contributed by atoms with Gasteiger partial charge in [0.2, 0.25) is 0 Å². The van der Waals surface area contributed by atoms with Crippen molar-refractivity contribution >= 4 is 11.3 Å². The first-order chi connectivity index (χ1) is 5.60. The second-order valence-corrected chi connectivity index (χ2v) is 4.37. The van der Waals surface area contributed by atoms with Gasteiger partial charge in [0.1, 0.15) is 5.01 Å². The highest BCUT2D eigenvalue weighted by Crippen LogP contribution is 2.25. The number of aryl methyl sites for hydroxylation is 1. The molecule has 0 spiro atoms. The molecule has 0 amide bonds. The molecule has 0 saturated carbocycles. The summed E-state index contributed by atoms with van der Waals surface area (Å²) in [5, 5.41) is 1.06. The lowest BCUT2D eigenvalue weighted by Crippen LogP contribution is -2.31. The van der Waals surface area contributed by atoms with E-state index in [1.54, 1.807) is 11.3 Å². The summed E-state index contributed by atoms with van der Waals surface area (Å²) in [5.41, 5.74) is 5.82. The molecule has 68 valence electrons. The second-order valence-electron chi connectivity index (χ2n) is 3.26. The van der Waals surface area contributed by atoms with Crippen LogP contribution in [0.3, 0.4) is 0 Å². The molecule has 1 unspecified atom stereocenters. The number of aromatic nitrogens is 1. The quantitative estimate of drug-likeness (QED) is 0.782. The monoisotopic (exact) mass is 184 g/mol. The predicted molar refractivity (Wildman–Crippen MR) is 53.3 cm³/mol. The maximum atomic E-state index is 6.05. The summed E-state index contributed by atoms with van der Waals surface area (Å²) in [5.74, 6) is 0. The van der Waals surface area contributed by atoms with Gasteiger partial charge in [0.15, 0.2) is 0 Å². The van der Waals surface area contributed by atoms with Crippen molar-refractivity contribution in [2.75, 3.05) is 0 Å². The number of nitrogens with two attached hydrogens (primary N) is 1. The Labute approximate surface area is 77.8 Å². The third-order valence-corrected chi connectivity index (χ3v) is 3.55. The fourth-order valence-electron chi connectivity index (χ4n) is 0.886. The molecule has 0 saturated heterocycles. The standard InChI is InChI=1S/C9H16N2S/c1-4-7-6-11-8(12-7)9(3,10)5-2/h6H,4-5,10H2,1-3H3. The highest BCUT2D eigenvalue weighted by atomic mass is 32.1. The van der Waals surface area contributed by atoms with Crippen molar-refractivity contribution < 1.29 is 0 Å². The van der Waals surface area contributed by atoms with Gasteiger partial charge in [-0.15, -0.1) is 11.3 Å². The summed E-state index contributed by atoms with van der Waals surface area (Å²) >= 11 is 1.73. The number of thiazole rings is 1. The molecule has 0 radical (unpaired) electrons. The van der Waals surface area contributed by atoms with Gasteiger partial charge in [0.25, 0.3) is 0 Å². The molecule has 1 rings (SSSR count). The average molecular weight is 184 g/mol. The number of hydrogen-bond donors (Lipinski definition) is 1. The molecule has 0 aromatic carbocycles. The van der Waals surface area contributed by atoms with Gasteiger partial charge >= 0.3 is 0 Å². The van der Waals surface area contributed by atoms with E-state index in [9.17, 15) is 0 Å². The van der Waals surface area contributed by atoms with Crippen molar-refractivity contribution in [2.24, 2.45) is 5.73 Å². The van der Waals surface area contributed by atoms with Gasteiger partial charge in [-0.25, -0.2) is 4.98 Å². The average Bonchev–Trinajstić information content (AvgIpc) is 2.52. The molecule has 1 atom stereocenters. The molecule has 0 fully saturated rings. The Morgan fingerprint density at radius 1 is 1.58 bits per heavy atom. The van der Waals surface area contributed by atoms with Crippen LogP contribution in [0, 0.1) is 0 Å². The van der Waals surface area contributed by atoms with Gasteiger partial charge in [-0.2, -0.15) is 0 Å². The second kappa shape index (κ2) is 3.54. The minimum Gasteiger partial charge on any atom is -0.320 e. The van der Waals surface area contributed by atoms with Crippen LogP contribution in [0.25, 0.3) is 0 Å². The Kier molecular flexibility index (Phi) is 2.85. The van der Waals surface area contributed by atoms with E-state index in [4.69, 9.17) is 5.73 Å². The van der Waals surface area contributed by atoms with E-state index in [-0.39, 0.29) is 5.54 Å². The third kappa shape index (κ3) is 1.84. The molecule has 1 aromatic rings. The van der Waals surface area contributed by atoms with Crippen LogP contribution >= 0.6 is 11.3 Å². The molecule has 0 bridgehead atoms. The third-order valence-electron chi connectivity index (χ3n) is 2.13. The van der Waals surface area contributed by atoms with Gasteiger partial charge in [-0.3, -0.25) is 0 Å². The predicted octanol–water partition coefficient (Wildman–Crippen LogP) is 2.29. The van der Waals surface area contributed by atoms with Gasteiger partial charge in [-0.1, -0.05) is 13.8 Å². The van der Waals surface area contributed by atoms with E-state index in [2.05, 4.69) is 18.8 Å². The van der Waals surface area contributed by atoms with E-state index in [1.807, 2.05) is 13.1 Å². The van der Waals surface area contributed by atoms with Gasteiger partial charge in [0, 0.05) is 11.1 Å². The molecule has 0 aliphatic carbocycles. The van der Waals surface area contributed by atoms with Crippen molar-refractivity contribution in [1.29, 1.82) is 0 Å². The van der Waals surface area contributed by atoms with Crippen molar-refractivity contribution in [3.8, 4) is 0 Å². The topological polar surface area (TPSA) is 38.9 Å². The van der Waals surface area contributed by atoms with Crippen LogP contribution in [0.2, 0.25) is 0 Å². The first-order valence-electron chi connectivity index (χ1n) is 4.34. The molecule has 1 aromatic heterocycles. The maximum absolute atomic E-state index is 6.05. The van der Waals surface area contributed by atoms with Crippen LogP contribution in [0.4, 0.5) is 0 Å². The zero-order chi connectivity index (χ0) is 9.19. The molecule has 0 aliphatic heterocycles. The molecule has 0 aliphatic rings. The molecule has 2 nitrogen and oxygen atoms in total. The molecule has 2 N–H and O–H groups in total. The molecule has 3 heteroatoms. The van der Waals surface area contributed by atoms with Crippen LogP contribution in [-0.4, -0.2) is 4.98 Å².